The molecule has 9 nitrogen and oxygen atoms in total. The number of hydrogen-bond donors (Lipinski definition) is 0. The van der Waals surface area contributed by atoms with Crippen LogP contribution in [0, 0.1) is 0 Å². The van der Waals surface area contributed by atoms with Crippen molar-refractivity contribution in [2.75, 3.05) is 6.61 Å². The summed E-state index contributed by atoms with van der Waals surface area (Å²) in [5, 5.41) is 0. The van der Waals surface area contributed by atoms with Gasteiger partial charge in [0.05, 0.1) is 16.7 Å². The molecule has 0 bridgehead atoms. The molecule has 0 aromatic heterocycles. The van der Waals surface area contributed by atoms with Crippen LogP contribution in [-0.2, 0) is 28.5 Å². The van der Waals surface area contributed by atoms with Gasteiger partial charge in [0.15, 0.2) is 6.10 Å². The standard InChI is InChI=1S/C28H24O9/c1-18(29)34-28-24(37-27(32)21-15-9-4-10-16-21)23(36-26(31)20-13-7-3-8-14-20)22(35-28)17-33-25(30)19-11-5-2-6-12-19/h2-16,22-24,28H,17H2,1H3/t22-,23+,24-,28+/m0/s1. The van der Waals surface area contributed by atoms with Gasteiger partial charge in [-0.25, -0.2) is 14.4 Å². The minimum absolute atomic E-state index is 0.233. The molecule has 0 unspecified atom stereocenters. The van der Waals surface area contributed by atoms with E-state index in [4.69, 9.17) is 23.7 Å². The first-order valence-corrected chi connectivity index (χ1v) is 11.5. The molecule has 0 saturated carbocycles. The van der Waals surface area contributed by atoms with Crippen molar-refractivity contribution in [3.63, 3.8) is 0 Å². The molecule has 1 aliphatic heterocycles. The van der Waals surface area contributed by atoms with Crippen molar-refractivity contribution in [1.29, 1.82) is 0 Å². The van der Waals surface area contributed by atoms with Crippen LogP contribution in [0.2, 0.25) is 0 Å². The lowest BCUT2D eigenvalue weighted by Gasteiger charge is -2.24. The third-order valence-corrected chi connectivity index (χ3v) is 5.44. The molecular formula is C28H24O9. The van der Waals surface area contributed by atoms with Gasteiger partial charge in [-0.05, 0) is 36.4 Å². The number of benzene rings is 3. The Labute approximate surface area is 212 Å². The van der Waals surface area contributed by atoms with Crippen LogP contribution in [0.25, 0.3) is 0 Å². The van der Waals surface area contributed by atoms with Crippen molar-refractivity contribution in [2.45, 2.75) is 31.5 Å². The second-order valence-corrected chi connectivity index (χ2v) is 8.09. The number of carbonyl (C=O) groups is 4. The molecule has 1 heterocycles. The molecule has 4 rings (SSSR count). The Morgan fingerprint density at radius 2 is 1.05 bits per heavy atom. The third kappa shape index (κ3) is 6.59. The molecule has 37 heavy (non-hydrogen) atoms. The monoisotopic (exact) mass is 504 g/mol. The van der Waals surface area contributed by atoms with Crippen LogP contribution in [0.4, 0.5) is 0 Å². The quantitative estimate of drug-likeness (QED) is 0.335. The van der Waals surface area contributed by atoms with Gasteiger partial charge in [-0.3, -0.25) is 4.79 Å². The Kier molecular flexibility index (Phi) is 8.27. The topological polar surface area (TPSA) is 114 Å². The maximum atomic E-state index is 12.9. The summed E-state index contributed by atoms with van der Waals surface area (Å²) in [7, 11) is 0. The van der Waals surface area contributed by atoms with Crippen LogP contribution < -0.4 is 0 Å². The largest absolute Gasteiger partial charge is 0.459 e. The number of rotatable bonds is 8. The summed E-state index contributed by atoms with van der Waals surface area (Å²) in [6.45, 7) is 0.796. The number of carbonyl (C=O) groups excluding carboxylic acids is 4. The maximum Gasteiger partial charge on any atom is 0.338 e. The van der Waals surface area contributed by atoms with Crippen LogP contribution in [0.5, 0.6) is 0 Å². The molecule has 4 atom stereocenters. The first-order valence-electron chi connectivity index (χ1n) is 11.5. The maximum absolute atomic E-state index is 12.9. The molecule has 0 aliphatic carbocycles. The van der Waals surface area contributed by atoms with E-state index in [0.29, 0.717) is 5.56 Å². The van der Waals surface area contributed by atoms with Crippen LogP contribution in [0.3, 0.4) is 0 Å². The normalized spacial score (nSPS) is 20.5. The lowest BCUT2D eigenvalue weighted by Crippen LogP contribution is -2.42. The summed E-state index contributed by atoms with van der Waals surface area (Å²) < 4.78 is 27.7. The number of hydrogen-bond acceptors (Lipinski definition) is 9. The van der Waals surface area contributed by atoms with Crippen LogP contribution in [-0.4, -0.2) is 55.1 Å². The van der Waals surface area contributed by atoms with Crippen molar-refractivity contribution >= 4 is 23.9 Å². The Balaban J connectivity index is 1.58. The Bertz CT molecular complexity index is 1230. The Morgan fingerprint density at radius 3 is 1.51 bits per heavy atom. The number of ether oxygens (including phenoxy) is 5. The third-order valence-electron chi connectivity index (χ3n) is 5.44. The fourth-order valence-corrected chi connectivity index (χ4v) is 3.70. The molecular weight excluding hydrogens is 480 g/mol. The van der Waals surface area contributed by atoms with Gasteiger partial charge < -0.3 is 23.7 Å². The van der Waals surface area contributed by atoms with E-state index in [1.165, 1.54) is 0 Å². The first-order chi connectivity index (χ1) is 17.9. The first kappa shape index (κ1) is 25.6. The zero-order valence-corrected chi connectivity index (χ0v) is 19.9. The van der Waals surface area contributed by atoms with E-state index in [1.807, 2.05) is 0 Å². The predicted octanol–water partition coefficient (Wildman–Crippen LogP) is 3.58. The highest BCUT2D eigenvalue weighted by Gasteiger charge is 2.52. The minimum atomic E-state index is -1.40. The van der Waals surface area contributed by atoms with Gasteiger partial charge in [-0.15, -0.1) is 0 Å². The highest BCUT2D eigenvalue weighted by Crippen LogP contribution is 2.30. The molecule has 1 fully saturated rings. The van der Waals surface area contributed by atoms with Crippen molar-refractivity contribution in [2.24, 2.45) is 0 Å². The van der Waals surface area contributed by atoms with Crippen molar-refractivity contribution < 1.29 is 42.9 Å². The van der Waals surface area contributed by atoms with E-state index in [9.17, 15) is 19.2 Å². The molecule has 1 saturated heterocycles. The number of esters is 4. The van der Waals surface area contributed by atoms with E-state index in [1.54, 1.807) is 91.0 Å². The highest BCUT2D eigenvalue weighted by molar-refractivity contribution is 5.91. The van der Waals surface area contributed by atoms with E-state index in [-0.39, 0.29) is 17.7 Å². The Hall–Kier alpha value is -4.50. The molecule has 1 aliphatic rings. The molecule has 3 aromatic carbocycles. The van der Waals surface area contributed by atoms with Gasteiger partial charge >= 0.3 is 23.9 Å². The lowest BCUT2D eigenvalue weighted by atomic mass is 10.1. The average Bonchev–Trinajstić information content (AvgIpc) is 3.23. The van der Waals surface area contributed by atoms with Gasteiger partial charge in [0.1, 0.15) is 12.7 Å². The van der Waals surface area contributed by atoms with Crippen LogP contribution in [0.15, 0.2) is 91.0 Å². The van der Waals surface area contributed by atoms with E-state index in [0.717, 1.165) is 6.92 Å². The SMILES string of the molecule is CC(=O)O[C@@H]1O[C@@H](COC(=O)c2ccccc2)[C@@H](OC(=O)c2ccccc2)[C@@H]1OC(=O)c1ccccc1. The summed E-state index contributed by atoms with van der Waals surface area (Å²) in [5.74, 6) is -2.81. The molecule has 0 radical (unpaired) electrons. The van der Waals surface area contributed by atoms with Crippen molar-refractivity contribution in [3.05, 3.63) is 108 Å². The summed E-state index contributed by atoms with van der Waals surface area (Å²) >= 11 is 0. The van der Waals surface area contributed by atoms with Gasteiger partial charge in [-0.2, -0.15) is 0 Å². The predicted molar refractivity (Wildman–Crippen MR) is 128 cm³/mol. The molecule has 0 spiro atoms. The van der Waals surface area contributed by atoms with Crippen LogP contribution in [0.1, 0.15) is 38.0 Å². The summed E-state index contributed by atoms with van der Waals surface area (Å²) in [6, 6.07) is 24.6. The minimum Gasteiger partial charge on any atom is -0.459 e. The second-order valence-electron chi connectivity index (χ2n) is 8.09. The zero-order chi connectivity index (χ0) is 26.2. The molecule has 0 amide bonds. The smallest absolute Gasteiger partial charge is 0.338 e. The zero-order valence-electron chi connectivity index (χ0n) is 19.9. The van der Waals surface area contributed by atoms with E-state index in [2.05, 4.69) is 0 Å². The summed E-state index contributed by atoms with van der Waals surface area (Å²) in [4.78, 5) is 50.0. The van der Waals surface area contributed by atoms with Crippen molar-refractivity contribution in [3.8, 4) is 0 Å². The highest BCUT2D eigenvalue weighted by atomic mass is 16.8. The summed E-state index contributed by atoms with van der Waals surface area (Å²) in [5.41, 5.74) is 0.782. The molecule has 190 valence electrons. The second kappa shape index (κ2) is 12.0. The van der Waals surface area contributed by atoms with E-state index >= 15 is 0 Å². The molecule has 9 heteroatoms. The summed E-state index contributed by atoms with van der Waals surface area (Å²) in [6.07, 6.45) is -5.09. The van der Waals surface area contributed by atoms with Gasteiger partial charge in [0.25, 0.3) is 0 Å². The van der Waals surface area contributed by atoms with Gasteiger partial charge in [0, 0.05) is 6.92 Å². The van der Waals surface area contributed by atoms with Crippen LogP contribution >= 0.6 is 0 Å². The van der Waals surface area contributed by atoms with Gasteiger partial charge in [0.2, 0.25) is 12.4 Å². The molecule has 3 aromatic rings. The van der Waals surface area contributed by atoms with E-state index < -0.39 is 48.5 Å². The molecule has 0 N–H and O–H groups in total. The van der Waals surface area contributed by atoms with Crippen molar-refractivity contribution in [1.82, 2.24) is 0 Å². The lowest BCUT2D eigenvalue weighted by molar-refractivity contribution is -0.187. The fraction of sp³-hybridized carbons (Fsp3) is 0.214. The average molecular weight is 504 g/mol. The Morgan fingerprint density at radius 1 is 0.622 bits per heavy atom. The van der Waals surface area contributed by atoms with Gasteiger partial charge in [-0.1, -0.05) is 54.6 Å². The fourth-order valence-electron chi connectivity index (χ4n) is 3.70.